The van der Waals surface area contributed by atoms with Crippen molar-refractivity contribution in [2.75, 3.05) is 0 Å². The summed E-state index contributed by atoms with van der Waals surface area (Å²) >= 11 is 7.38. The van der Waals surface area contributed by atoms with E-state index in [2.05, 4.69) is 110 Å². The van der Waals surface area contributed by atoms with Gasteiger partial charge >= 0.3 is 110 Å². The summed E-state index contributed by atoms with van der Waals surface area (Å²) in [5, 5.41) is 0.795. The molecule has 5 aromatic carbocycles. The molecule has 0 fully saturated rings. The second-order valence-corrected chi connectivity index (χ2v) is 15.1. The van der Waals surface area contributed by atoms with Gasteiger partial charge in [-0.25, -0.2) is 12.1 Å². The predicted molar refractivity (Wildman–Crippen MR) is 184 cm³/mol. The Morgan fingerprint density at radius 3 is 1.82 bits per heavy atom. The monoisotopic (exact) mass is 730 g/mol. The third-order valence-corrected chi connectivity index (χ3v) is 9.47. The van der Waals surface area contributed by atoms with Gasteiger partial charge < -0.3 is 24.8 Å². The average Bonchev–Trinajstić information content (AvgIpc) is 3.63. The van der Waals surface area contributed by atoms with Gasteiger partial charge in [-0.2, -0.15) is 35.9 Å². The van der Waals surface area contributed by atoms with Crippen molar-refractivity contribution in [2.45, 2.75) is 72.6 Å². The zero-order valence-corrected chi connectivity index (χ0v) is 32.4. The molecule has 0 aliphatic heterocycles. The van der Waals surface area contributed by atoms with Gasteiger partial charge in [0.15, 0.2) is 0 Å². The second kappa shape index (κ2) is 16.6. The van der Waals surface area contributed by atoms with Crippen LogP contribution in [0, 0.1) is 19.9 Å². The maximum absolute atomic E-state index is 5.97. The fraction of sp³-hybridized carbons (Fsp3) is 0.268. The van der Waals surface area contributed by atoms with Crippen LogP contribution in [0.15, 0.2) is 103 Å². The van der Waals surface area contributed by atoms with E-state index in [1.54, 1.807) is 0 Å². The smallest absolute Gasteiger partial charge is 0.172 e. The molecule has 0 atom stereocenters. The van der Waals surface area contributed by atoms with Crippen LogP contribution in [0.2, 0.25) is 5.02 Å². The molecule has 0 nitrogen and oxygen atoms in total. The molecule has 0 unspecified atom stereocenters. The maximum atomic E-state index is 5.97. The maximum Gasteiger partial charge on any atom is -0.172 e. The van der Waals surface area contributed by atoms with E-state index in [1.807, 2.05) is 54.6 Å². The Morgan fingerprint density at radius 2 is 1.29 bits per heavy atom. The van der Waals surface area contributed by atoms with E-state index in [4.69, 9.17) is 11.6 Å². The second-order valence-electron chi connectivity index (χ2n) is 13.4. The van der Waals surface area contributed by atoms with Crippen LogP contribution in [-0.4, -0.2) is 3.21 Å². The summed E-state index contributed by atoms with van der Waals surface area (Å²) in [6.07, 6.45) is 1.03. The number of halogens is 3. The molecule has 0 spiro atoms. The van der Waals surface area contributed by atoms with Crippen molar-refractivity contribution in [2.24, 2.45) is 0 Å². The zero-order chi connectivity index (χ0) is 31.4. The summed E-state index contributed by atoms with van der Waals surface area (Å²) in [6, 6.07) is 39.4. The molecule has 1 aliphatic carbocycles. The van der Waals surface area contributed by atoms with Gasteiger partial charge in [-0.1, -0.05) is 71.6 Å². The average molecular weight is 733 g/mol. The molecule has 45 heavy (non-hydrogen) atoms. The van der Waals surface area contributed by atoms with E-state index in [9.17, 15) is 0 Å². The zero-order valence-electron chi connectivity index (χ0n) is 27.7. The van der Waals surface area contributed by atoms with Crippen molar-refractivity contribution in [3.63, 3.8) is 0 Å². The Kier molecular flexibility index (Phi) is 14.4. The number of aryl methyl sites for hydroxylation is 2. The van der Waals surface area contributed by atoms with Crippen LogP contribution in [0.3, 0.4) is 0 Å². The van der Waals surface area contributed by atoms with E-state index in [0.29, 0.717) is 0 Å². The summed E-state index contributed by atoms with van der Waals surface area (Å²) < 4.78 is 1.34. The SMILES string of the molecule is Cc1[c-]c2c(cc1C(C)(C)C)-c1cc(C(C)(C)C)c(C)cc1C2.Clc1cccc([C](=[Zr+2])c2ccccc2)c1.[Cl-].[Cl-].c1cc[cH-]c1. The molecule has 0 radical (unpaired) electrons. The van der Waals surface area contributed by atoms with Gasteiger partial charge in [0.1, 0.15) is 0 Å². The van der Waals surface area contributed by atoms with E-state index < -0.39 is 0 Å². The van der Waals surface area contributed by atoms with Gasteiger partial charge in [0.05, 0.1) is 0 Å². The summed E-state index contributed by atoms with van der Waals surface area (Å²) in [7, 11) is 0. The summed E-state index contributed by atoms with van der Waals surface area (Å²) in [5.74, 6) is 0. The minimum absolute atomic E-state index is 0. The number of hydrogen-bond acceptors (Lipinski definition) is 0. The van der Waals surface area contributed by atoms with Crippen molar-refractivity contribution in [3.8, 4) is 11.1 Å². The van der Waals surface area contributed by atoms with Crippen LogP contribution in [0.25, 0.3) is 11.1 Å². The first-order valence-corrected chi connectivity index (χ1v) is 16.6. The van der Waals surface area contributed by atoms with Crippen LogP contribution in [0.4, 0.5) is 0 Å². The minimum atomic E-state index is 0. The largest absolute Gasteiger partial charge is 1.00 e. The third-order valence-electron chi connectivity index (χ3n) is 7.81. The van der Waals surface area contributed by atoms with Crippen molar-refractivity contribution in [1.82, 2.24) is 0 Å². The van der Waals surface area contributed by atoms with Gasteiger partial charge in [-0.15, -0.1) is 16.7 Å². The standard InChI is InChI=1S/C23H29.C13H9Cl.C5H5.2ClH.Zr/c1-14-9-16-11-17-10-15(2)21(23(6,7)8)13-19(17)18(16)12-20(14)22(3,4)5;14-13-8-4-7-12(10-13)9-11-5-2-1-3-6-11;1-2-4-5-3-1;;;/h9,12-13H,11H2,1-8H3;1-8,10H;1-5H;2*1H;/q-1;;-1;;;+2/p-2. The molecule has 1 aliphatic rings. The quantitative estimate of drug-likeness (QED) is 0.217. The van der Waals surface area contributed by atoms with E-state index in [0.717, 1.165) is 11.4 Å². The molecule has 0 aromatic heterocycles. The molecule has 6 rings (SSSR count). The van der Waals surface area contributed by atoms with Gasteiger partial charge in [0.25, 0.3) is 0 Å². The van der Waals surface area contributed by atoms with Crippen molar-refractivity contribution >= 4 is 14.8 Å². The fourth-order valence-electron chi connectivity index (χ4n) is 5.76. The molecule has 0 N–H and O–H groups in total. The molecule has 234 valence electrons. The van der Waals surface area contributed by atoms with Crippen molar-refractivity contribution < 1.29 is 49.0 Å². The molecular formula is C41H43Cl3Zr-2. The Labute approximate surface area is 304 Å². The Morgan fingerprint density at radius 1 is 0.711 bits per heavy atom. The van der Waals surface area contributed by atoms with E-state index >= 15 is 0 Å². The molecule has 4 heteroatoms. The molecule has 0 amide bonds. The summed E-state index contributed by atoms with van der Waals surface area (Å²) in [5.41, 5.74) is 14.1. The Balaban J connectivity index is 0.000000275. The number of fused-ring (bicyclic) bond motifs is 3. The van der Waals surface area contributed by atoms with Crippen molar-refractivity contribution in [1.29, 1.82) is 0 Å². The number of benzene rings is 4. The fourth-order valence-corrected chi connectivity index (χ4v) is 6.74. The molecule has 0 saturated carbocycles. The normalized spacial score (nSPS) is 11.4. The van der Waals surface area contributed by atoms with Crippen LogP contribution in [-0.2, 0) is 41.5 Å². The first-order chi connectivity index (χ1) is 20.3. The third kappa shape index (κ3) is 10.2. The predicted octanol–water partition coefficient (Wildman–Crippen LogP) is 5.14. The molecule has 0 bridgehead atoms. The van der Waals surface area contributed by atoms with Crippen LogP contribution in [0.5, 0.6) is 0 Å². The van der Waals surface area contributed by atoms with E-state index in [1.165, 1.54) is 83.1 Å². The summed E-state index contributed by atoms with van der Waals surface area (Å²) in [6.45, 7) is 18.2. The first kappa shape index (κ1) is 39.0. The molecule has 0 heterocycles. The van der Waals surface area contributed by atoms with E-state index in [-0.39, 0.29) is 35.6 Å². The molecular weight excluding hydrogens is 690 g/mol. The minimum Gasteiger partial charge on any atom is -1.00 e. The van der Waals surface area contributed by atoms with Crippen LogP contribution < -0.4 is 24.8 Å². The number of hydrogen-bond donors (Lipinski definition) is 0. The van der Waals surface area contributed by atoms with Gasteiger partial charge in [0.2, 0.25) is 0 Å². The van der Waals surface area contributed by atoms with Gasteiger partial charge in [0, 0.05) is 0 Å². The Hall–Kier alpha value is -2.15. The van der Waals surface area contributed by atoms with Crippen LogP contribution in [0.1, 0.15) is 86.1 Å². The van der Waals surface area contributed by atoms with Gasteiger partial charge in [-0.05, 0) is 35.4 Å². The number of rotatable bonds is 2. The van der Waals surface area contributed by atoms with Gasteiger partial charge in [-0.3, -0.25) is 0 Å². The molecule has 5 aromatic rings. The Bertz CT molecular complexity index is 1600. The molecule has 0 saturated heterocycles. The summed E-state index contributed by atoms with van der Waals surface area (Å²) in [4.78, 5) is 0. The topological polar surface area (TPSA) is 0 Å². The first-order valence-electron chi connectivity index (χ1n) is 15.0. The van der Waals surface area contributed by atoms with Crippen LogP contribution >= 0.6 is 11.6 Å². The van der Waals surface area contributed by atoms with Crippen molar-refractivity contribution in [3.05, 3.63) is 159 Å².